The number of amides is 1. The Balaban J connectivity index is 1.11. The Morgan fingerprint density at radius 2 is 1.89 bits per heavy atom. The van der Waals surface area contributed by atoms with E-state index in [-0.39, 0.29) is 11.7 Å². The molecule has 228 valence electrons. The lowest BCUT2D eigenvalue weighted by Gasteiger charge is -2.19. The van der Waals surface area contributed by atoms with Gasteiger partial charge in [0.15, 0.2) is 16.1 Å². The van der Waals surface area contributed by atoms with Gasteiger partial charge in [0, 0.05) is 12.1 Å². The van der Waals surface area contributed by atoms with E-state index in [0.717, 1.165) is 47.2 Å². The van der Waals surface area contributed by atoms with Gasteiger partial charge in [-0.15, -0.1) is 18.3 Å². The van der Waals surface area contributed by atoms with Crippen molar-refractivity contribution >= 4 is 45.9 Å². The summed E-state index contributed by atoms with van der Waals surface area (Å²) in [7, 11) is 0. The number of hydrogen-bond donors (Lipinski definition) is 1. The highest BCUT2D eigenvalue weighted by Gasteiger charge is 2.32. The van der Waals surface area contributed by atoms with Crippen LogP contribution in [-0.4, -0.2) is 49.6 Å². The number of halogens is 3. The van der Waals surface area contributed by atoms with Gasteiger partial charge < -0.3 is 10.1 Å². The van der Waals surface area contributed by atoms with Crippen LogP contribution in [0.3, 0.4) is 0 Å². The number of rotatable bonds is 9. The van der Waals surface area contributed by atoms with E-state index >= 15 is 0 Å². The highest BCUT2D eigenvalue weighted by Crippen LogP contribution is 2.30. The normalized spacial score (nSPS) is 14.3. The van der Waals surface area contributed by atoms with E-state index in [2.05, 4.69) is 25.1 Å². The molecule has 1 fully saturated rings. The molecule has 1 N–H and O–H groups in total. The summed E-state index contributed by atoms with van der Waals surface area (Å²) in [6.45, 7) is 4.61. The van der Waals surface area contributed by atoms with Crippen LogP contribution in [0.4, 0.5) is 18.9 Å². The zero-order valence-corrected chi connectivity index (χ0v) is 25.6. The number of aromatic nitrogens is 3. The highest BCUT2D eigenvalue weighted by atomic mass is 32.2. The van der Waals surface area contributed by atoms with Crippen LogP contribution in [0, 0.1) is 13.8 Å². The van der Waals surface area contributed by atoms with Crippen LogP contribution in [0.15, 0.2) is 78.0 Å². The molecule has 0 atom stereocenters. The topological polar surface area (TPSA) is 84.6 Å². The number of amidine groups is 1. The molecule has 1 aliphatic rings. The predicted molar refractivity (Wildman–Crippen MR) is 170 cm³/mol. The number of carbonyl (C=O) groups excluding carboxylic acids is 1. The van der Waals surface area contributed by atoms with Crippen LogP contribution in [0.25, 0.3) is 17.1 Å². The summed E-state index contributed by atoms with van der Waals surface area (Å²) in [5.41, 5.74) is 5.42. The van der Waals surface area contributed by atoms with Gasteiger partial charge in [-0.1, -0.05) is 42.1 Å². The number of thiocarbonyl (C=S) groups is 1. The Labute approximate surface area is 262 Å². The number of nitrogens with zero attached hydrogens (tertiary/aromatic N) is 5. The molecule has 0 bridgehead atoms. The molecule has 4 aromatic rings. The lowest BCUT2D eigenvalue weighted by Crippen LogP contribution is -2.32. The molecule has 8 nitrogen and oxygen atoms in total. The first kappa shape index (κ1) is 31.2. The van der Waals surface area contributed by atoms with Gasteiger partial charge in [-0.05, 0) is 98.4 Å². The molecular weight excluding hydrogens is 610 g/mol. The fourth-order valence-corrected chi connectivity index (χ4v) is 5.72. The van der Waals surface area contributed by atoms with Crippen molar-refractivity contribution in [2.24, 2.45) is 4.99 Å². The van der Waals surface area contributed by atoms with E-state index in [0.29, 0.717) is 34.1 Å². The predicted octanol–water partition coefficient (Wildman–Crippen LogP) is 6.78. The quantitative estimate of drug-likeness (QED) is 0.160. The molecule has 2 heterocycles. The summed E-state index contributed by atoms with van der Waals surface area (Å²) in [6, 6.07) is 19.4. The molecule has 1 saturated heterocycles. The van der Waals surface area contributed by atoms with Gasteiger partial charge in [-0.25, -0.2) is 9.67 Å². The van der Waals surface area contributed by atoms with Gasteiger partial charge in [0.25, 0.3) is 0 Å². The monoisotopic (exact) mass is 638 g/mol. The maximum atomic E-state index is 12.6. The minimum Gasteiger partial charge on any atom is -0.406 e. The molecule has 1 aromatic heterocycles. The summed E-state index contributed by atoms with van der Waals surface area (Å²) in [5, 5.41) is 8.61. The van der Waals surface area contributed by atoms with Gasteiger partial charge in [-0.2, -0.15) is 4.99 Å². The molecule has 1 amide bonds. The van der Waals surface area contributed by atoms with Gasteiger partial charge >= 0.3 is 6.36 Å². The van der Waals surface area contributed by atoms with Crippen LogP contribution in [0.1, 0.15) is 29.5 Å². The Hall–Kier alpha value is -4.23. The summed E-state index contributed by atoms with van der Waals surface area (Å²) in [4.78, 5) is 23.2. The summed E-state index contributed by atoms with van der Waals surface area (Å²) in [5.74, 6) is 0.524. The standard InChI is InChI=1S/C31H29F3N6O2S2/c1-20-9-10-21(2)26(16-20)40-27(41)18-44-30(40)37-29(43)35-15-4-3-6-22-7-5-8-23(17-22)28-36-19-39(38-28)24-11-13-25(14-12-24)42-31(32,33)34/h5,7-14,16-17,19H,3-4,6,15,18H2,1-2H3,(H,35,43). The van der Waals surface area contributed by atoms with Crippen LogP contribution in [-0.2, 0) is 11.2 Å². The molecule has 0 spiro atoms. The molecule has 44 heavy (non-hydrogen) atoms. The molecule has 0 unspecified atom stereocenters. The Morgan fingerprint density at radius 1 is 1.09 bits per heavy atom. The third-order valence-electron chi connectivity index (χ3n) is 6.75. The largest absolute Gasteiger partial charge is 0.573 e. The first-order chi connectivity index (χ1) is 21.1. The van der Waals surface area contributed by atoms with Crippen molar-refractivity contribution in [3.05, 3.63) is 89.7 Å². The molecule has 3 aromatic carbocycles. The summed E-state index contributed by atoms with van der Waals surface area (Å²) < 4.78 is 42.7. The second kappa shape index (κ2) is 13.6. The van der Waals surface area contributed by atoms with Crippen molar-refractivity contribution in [3.63, 3.8) is 0 Å². The van der Waals surface area contributed by atoms with Crippen LogP contribution in [0.2, 0.25) is 0 Å². The van der Waals surface area contributed by atoms with E-state index in [9.17, 15) is 18.0 Å². The smallest absolute Gasteiger partial charge is 0.406 e. The molecule has 0 aliphatic carbocycles. The maximum Gasteiger partial charge on any atom is 0.573 e. The van der Waals surface area contributed by atoms with E-state index in [4.69, 9.17) is 12.2 Å². The number of aliphatic imine (C=N–C) groups is 1. The molecule has 0 saturated carbocycles. The zero-order valence-electron chi connectivity index (χ0n) is 24.0. The molecule has 5 rings (SSSR count). The molecular formula is C31H29F3N6O2S2. The number of benzene rings is 3. The van der Waals surface area contributed by atoms with Gasteiger partial charge in [0.2, 0.25) is 5.91 Å². The Bertz CT molecular complexity index is 1690. The second-order valence-electron chi connectivity index (χ2n) is 10.1. The van der Waals surface area contributed by atoms with Crippen molar-refractivity contribution in [1.82, 2.24) is 20.1 Å². The average molecular weight is 639 g/mol. The third kappa shape index (κ3) is 8.03. The van der Waals surface area contributed by atoms with E-state index in [1.54, 1.807) is 4.90 Å². The van der Waals surface area contributed by atoms with Gasteiger partial charge in [0.05, 0.1) is 17.1 Å². The first-order valence-corrected chi connectivity index (χ1v) is 15.2. The first-order valence-electron chi connectivity index (χ1n) is 13.8. The average Bonchev–Trinajstić information content (AvgIpc) is 3.61. The Kier molecular flexibility index (Phi) is 9.64. The van der Waals surface area contributed by atoms with Crippen LogP contribution in [0.5, 0.6) is 5.75 Å². The molecule has 13 heteroatoms. The van der Waals surface area contributed by atoms with Crippen molar-refractivity contribution in [2.45, 2.75) is 39.5 Å². The fraction of sp³-hybridized carbons (Fsp3) is 0.258. The van der Waals surface area contributed by atoms with Crippen molar-refractivity contribution in [2.75, 3.05) is 17.2 Å². The lowest BCUT2D eigenvalue weighted by atomic mass is 10.0. The number of unbranched alkanes of at least 4 members (excludes halogenated alkanes) is 1. The Morgan fingerprint density at radius 3 is 2.66 bits per heavy atom. The number of anilines is 1. The number of ether oxygens (including phenoxy) is 1. The molecule has 0 radical (unpaired) electrons. The maximum absolute atomic E-state index is 12.6. The number of aryl methyl sites for hydroxylation is 3. The highest BCUT2D eigenvalue weighted by molar-refractivity contribution is 8.15. The zero-order chi connectivity index (χ0) is 31.3. The number of hydrogen-bond acceptors (Lipinski definition) is 6. The van der Waals surface area contributed by atoms with Crippen LogP contribution >= 0.6 is 24.0 Å². The molecule has 1 aliphatic heterocycles. The van der Waals surface area contributed by atoms with Crippen molar-refractivity contribution in [1.29, 1.82) is 0 Å². The van der Waals surface area contributed by atoms with Crippen molar-refractivity contribution in [3.8, 4) is 22.8 Å². The third-order valence-corrected chi connectivity index (χ3v) is 7.91. The number of alkyl halides is 3. The summed E-state index contributed by atoms with van der Waals surface area (Å²) in [6.07, 6.45) is -0.621. The van der Waals surface area contributed by atoms with E-state index in [1.165, 1.54) is 47.0 Å². The minimum absolute atomic E-state index is 0.0111. The van der Waals surface area contributed by atoms with E-state index < -0.39 is 6.36 Å². The van der Waals surface area contributed by atoms with Gasteiger partial charge in [0.1, 0.15) is 12.1 Å². The minimum atomic E-state index is -4.74. The van der Waals surface area contributed by atoms with Gasteiger partial charge in [-0.3, -0.25) is 9.69 Å². The second-order valence-corrected chi connectivity index (χ2v) is 11.5. The van der Waals surface area contributed by atoms with Crippen molar-refractivity contribution < 1.29 is 22.7 Å². The van der Waals surface area contributed by atoms with E-state index in [1.807, 2.05) is 56.3 Å². The lowest BCUT2D eigenvalue weighted by molar-refractivity contribution is -0.274. The SMILES string of the molecule is Cc1ccc(C)c(N2C(=O)CSC2=NC(=S)NCCCCc2cccc(-c3ncn(-c4ccc(OC(F)(F)F)cc4)n3)c2)c1. The number of carbonyl (C=O) groups is 1. The number of nitrogens with one attached hydrogen (secondary N) is 1. The fourth-order valence-electron chi connectivity index (χ4n) is 4.60. The van der Waals surface area contributed by atoms with Crippen LogP contribution < -0.4 is 15.0 Å². The summed E-state index contributed by atoms with van der Waals surface area (Å²) >= 11 is 6.84. The number of thioether (sulfide) groups is 1.